The van der Waals surface area contributed by atoms with Crippen molar-refractivity contribution in [2.24, 2.45) is 0 Å². The van der Waals surface area contributed by atoms with Crippen LogP contribution in [0.3, 0.4) is 0 Å². The van der Waals surface area contributed by atoms with Crippen molar-refractivity contribution in [1.82, 2.24) is 10.0 Å². The van der Waals surface area contributed by atoms with Crippen molar-refractivity contribution in [2.45, 2.75) is 17.2 Å². The van der Waals surface area contributed by atoms with Gasteiger partial charge in [-0.25, -0.2) is 13.1 Å². The molecule has 0 saturated heterocycles. The summed E-state index contributed by atoms with van der Waals surface area (Å²) in [7, 11) is -0.223. The van der Waals surface area contributed by atoms with E-state index >= 15 is 0 Å². The molecule has 0 aliphatic heterocycles. The highest BCUT2D eigenvalue weighted by molar-refractivity contribution is 7.91. The Labute approximate surface area is 99.9 Å². The Hall–Kier alpha value is -0.630. The molecule has 0 aliphatic carbocycles. The fourth-order valence-electron chi connectivity index (χ4n) is 1.03. The number of nitrogens with one attached hydrogen (secondary N) is 2. The first-order valence-corrected chi connectivity index (χ1v) is 7.16. The van der Waals surface area contributed by atoms with Crippen LogP contribution in [0.2, 0.25) is 0 Å². The number of hydrogen-bond acceptors (Lipinski definition) is 5. The van der Waals surface area contributed by atoms with E-state index in [1.807, 2.05) is 6.92 Å². The van der Waals surface area contributed by atoms with Gasteiger partial charge in [-0.1, -0.05) is 0 Å². The second-order valence-electron chi connectivity index (χ2n) is 3.32. The third kappa shape index (κ3) is 3.18. The molecular formula is C9H16N2O3S2. The predicted molar refractivity (Wildman–Crippen MR) is 64.6 cm³/mol. The Morgan fingerprint density at radius 1 is 1.56 bits per heavy atom. The Balaban J connectivity index is 2.78. The van der Waals surface area contributed by atoms with Crippen LogP contribution in [0.1, 0.15) is 6.92 Å². The number of sulfonamides is 1. The summed E-state index contributed by atoms with van der Waals surface area (Å²) in [5, 5.41) is 4.65. The van der Waals surface area contributed by atoms with E-state index in [1.165, 1.54) is 7.11 Å². The van der Waals surface area contributed by atoms with Gasteiger partial charge < -0.3 is 10.1 Å². The van der Waals surface area contributed by atoms with Crippen molar-refractivity contribution < 1.29 is 13.2 Å². The molecule has 1 atom stereocenters. The minimum absolute atomic E-state index is 0.0840. The van der Waals surface area contributed by atoms with Crippen LogP contribution in [0.5, 0.6) is 5.75 Å². The molecule has 0 fully saturated rings. The van der Waals surface area contributed by atoms with Crippen LogP contribution in [-0.2, 0) is 10.0 Å². The Morgan fingerprint density at radius 2 is 2.25 bits per heavy atom. The molecule has 1 aromatic rings. The molecule has 0 aliphatic rings. The number of likely N-dealkylation sites (N-methyl/N-ethyl adjacent to an activating group) is 1. The van der Waals surface area contributed by atoms with Gasteiger partial charge in [-0.05, 0) is 25.4 Å². The van der Waals surface area contributed by atoms with Crippen molar-refractivity contribution in [3.63, 3.8) is 0 Å². The maximum Gasteiger partial charge on any atom is 0.253 e. The van der Waals surface area contributed by atoms with E-state index in [9.17, 15) is 8.42 Å². The molecule has 92 valence electrons. The SMILES string of the molecule is CNC(C)CNS(=O)(=O)c1sccc1OC. The first-order valence-electron chi connectivity index (χ1n) is 4.79. The number of thiophene rings is 1. The number of ether oxygens (including phenoxy) is 1. The maximum absolute atomic E-state index is 11.9. The minimum atomic E-state index is -3.46. The highest BCUT2D eigenvalue weighted by Gasteiger charge is 2.21. The lowest BCUT2D eigenvalue weighted by Gasteiger charge is -2.11. The third-order valence-corrected chi connectivity index (χ3v) is 5.00. The number of hydrogen-bond donors (Lipinski definition) is 2. The fourth-order valence-corrected chi connectivity index (χ4v) is 3.48. The number of methoxy groups -OCH3 is 1. The van der Waals surface area contributed by atoms with Crippen LogP contribution < -0.4 is 14.8 Å². The summed E-state index contributed by atoms with van der Waals surface area (Å²) < 4.78 is 31.5. The van der Waals surface area contributed by atoms with Gasteiger partial charge in [0.05, 0.1) is 7.11 Å². The van der Waals surface area contributed by atoms with Gasteiger partial charge in [0.25, 0.3) is 10.0 Å². The van der Waals surface area contributed by atoms with Crippen molar-refractivity contribution >= 4 is 21.4 Å². The molecule has 1 aromatic heterocycles. The quantitative estimate of drug-likeness (QED) is 0.791. The smallest absolute Gasteiger partial charge is 0.253 e. The summed E-state index contributed by atoms with van der Waals surface area (Å²) in [5.41, 5.74) is 0. The molecule has 1 rings (SSSR count). The molecule has 2 N–H and O–H groups in total. The maximum atomic E-state index is 11.9. The lowest BCUT2D eigenvalue weighted by molar-refractivity contribution is 0.406. The molecule has 5 nitrogen and oxygen atoms in total. The van der Waals surface area contributed by atoms with Gasteiger partial charge in [0.2, 0.25) is 0 Å². The highest BCUT2D eigenvalue weighted by Crippen LogP contribution is 2.28. The van der Waals surface area contributed by atoms with Gasteiger partial charge in [-0.15, -0.1) is 11.3 Å². The predicted octanol–water partition coefficient (Wildman–Crippen LogP) is 0.643. The van der Waals surface area contributed by atoms with E-state index in [0.717, 1.165) is 11.3 Å². The Bertz CT molecular complexity index is 428. The van der Waals surface area contributed by atoms with Crippen LogP contribution in [0.15, 0.2) is 15.7 Å². The second kappa shape index (κ2) is 5.62. The summed E-state index contributed by atoms with van der Waals surface area (Å²) >= 11 is 1.14. The van der Waals surface area contributed by atoms with E-state index < -0.39 is 10.0 Å². The van der Waals surface area contributed by atoms with Gasteiger partial charge >= 0.3 is 0 Å². The zero-order chi connectivity index (χ0) is 12.2. The Morgan fingerprint density at radius 3 is 2.81 bits per heavy atom. The fraction of sp³-hybridized carbons (Fsp3) is 0.556. The average molecular weight is 264 g/mol. The van der Waals surface area contributed by atoms with Crippen molar-refractivity contribution in [3.05, 3.63) is 11.4 Å². The van der Waals surface area contributed by atoms with Gasteiger partial charge in [-0.2, -0.15) is 0 Å². The largest absolute Gasteiger partial charge is 0.494 e. The summed E-state index contributed by atoms with van der Waals surface area (Å²) in [5.74, 6) is 0.384. The van der Waals surface area contributed by atoms with Crippen LogP contribution in [-0.4, -0.2) is 35.2 Å². The van der Waals surface area contributed by atoms with Crippen LogP contribution in [0, 0.1) is 0 Å². The van der Waals surface area contributed by atoms with Crippen molar-refractivity contribution in [2.75, 3.05) is 20.7 Å². The number of rotatable bonds is 6. The van der Waals surface area contributed by atoms with Gasteiger partial charge in [-0.3, -0.25) is 0 Å². The lowest BCUT2D eigenvalue weighted by atomic mass is 10.4. The van der Waals surface area contributed by atoms with E-state index in [0.29, 0.717) is 12.3 Å². The van der Waals surface area contributed by atoms with Crippen molar-refractivity contribution in [1.29, 1.82) is 0 Å². The van der Waals surface area contributed by atoms with Crippen LogP contribution in [0.25, 0.3) is 0 Å². The third-order valence-electron chi connectivity index (χ3n) is 2.13. The lowest BCUT2D eigenvalue weighted by Crippen LogP contribution is -2.36. The molecule has 1 heterocycles. The van der Waals surface area contributed by atoms with E-state index in [4.69, 9.17) is 4.74 Å². The zero-order valence-electron chi connectivity index (χ0n) is 9.48. The second-order valence-corrected chi connectivity index (χ2v) is 6.20. The van der Waals surface area contributed by atoms with E-state index in [2.05, 4.69) is 10.0 Å². The molecule has 7 heteroatoms. The monoisotopic (exact) mass is 264 g/mol. The highest BCUT2D eigenvalue weighted by atomic mass is 32.2. The molecule has 0 aromatic carbocycles. The molecule has 0 saturated carbocycles. The molecule has 0 radical (unpaired) electrons. The van der Waals surface area contributed by atoms with E-state index in [-0.39, 0.29) is 10.3 Å². The Kier molecular flexibility index (Phi) is 4.72. The molecule has 16 heavy (non-hydrogen) atoms. The minimum Gasteiger partial charge on any atom is -0.494 e. The van der Waals surface area contributed by atoms with Crippen LogP contribution >= 0.6 is 11.3 Å². The van der Waals surface area contributed by atoms with Gasteiger partial charge in [0.15, 0.2) is 4.21 Å². The summed E-state index contributed by atoms with van der Waals surface area (Å²) in [6.07, 6.45) is 0. The summed E-state index contributed by atoms with van der Waals surface area (Å²) in [4.78, 5) is 0. The first-order chi connectivity index (χ1) is 7.51. The van der Waals surface area contributed by atoms with Gasteiger partial charge in [0.1, 0.15) is 5.75 Å². The van der Waals surface area contributed by atoms with Crippen molar-refractivity contribution in [3.8, 4) is 5.75 Å². The van der Waals surface area contributed by atoms with Crippen LogP contribution in [0.4, 0.5) is 0 Å². The van der Waals surface area contributed by atoms with E-state index in [1.54, 1.807) is 18.5 Å². The topological polar surface area (TPSA) is 67.4 Å². The molecule has 0 amide bonds. The first kappa shape index (κ1) is 13.4. The normalized spacial score (nSPS) is 13.7. The standard InChI is InChI=1S/C9H16N2O3S2/c1-7(10-2)6-11-16(12,13)9-8(14-3)4-5-15-9/h4-5,7,10-11H,6H2,1-3H3. The molecule has 1 unspecified atom stereocenters. The molecule has 0 bridgehead atoms. The zero-order valence-corrected chi connectivity index (χ0v) is 11.1. The average Bonchev–Trinajstić information content (AvgIpc) is 2.74. The molecular weight excluding hydrogens is 248 g/mol. The summed E-state index contributed by atoms with van der Waals surface area (Å²) in [6.45, 7) is 2.24. The van der Waals surface area contributed by atoms with Gasteiger partial charge in [0, 0.05) is 12.6 Å². The summed E-state index contributed by atoms with van der Waals surface area (Å²) in [6, 6.07) is 1.72. The molecule has 0 spiro atoms.